The van der Waals surface area contributed by atoms with Gasteiger partial charge in [0.1, 0.15) is 0 Å². The molecular formula is C19H14BrNO. The van der Waals surface area contributed by atoms with E-state index in [-0.39, 0.29) is 0 Å². The van der Waals surface area contributed by atoms with Gasteiger partial charge in [0.05, 0.1) is 5.69 Å². The summed E-state index contributed by atoms with van der Waals surface area (Å²) in [4.78, 5) is 13.5. The Morgan fingerprint density at radius 2 is 1.32 bits per heavy atom. The third-order valence-corrected chi connectivity index (χ3v) is 3.93. The fraction of sp³-hybridized carbons (Fsp3) is 0. The molecule has 0 N–H and O–H groups in total. The predicted octanol–water partition coefficient (Wildman–Crippen LogP) is 5.73. The third kappa shape index (κ3) is 2.95. The normalized spacial score (nSPS) is 10.2. The number of rotatable bonds is 4. The molecule has 22 heavy (non-hydrogen) atoms. The second kappa shape index (κ2) is 6.58. The standard InChI is InChI=1S/C19H14BrNO/c20-16-10-12-18(13-11-16)21(17-7-2-1-3-8-17)19-9-5-4-6-15(19)14-22/h1-14H. The van der Waals surface area contributed by atoms with Gasteiger partial charge in [0.15, 0.2) is 6.29 Å². The first-order valence-electron chi connectivity index (χ1n) is 6.94. The number of carbonyl (C=O) groups is 1. The maximum absolute atomic E-state index is 11.4. The van der Waals surface area contributed by atoms with Crippen LogP contribution in [0.2, 0.25) is 0 Å². The molecule has 3 heteroatoms. The summed E-state index contributed by atoms with van der Waals surface area (Å²) in [6.45, 7) is 0. The Kier molecular flexibility index (Phi) is 4.35. The van der Waals surface area contributed by atoms with Crippen molar-refractivity contribution in [3.8, 4) is 0 Å². The number of aldehydes is 1. The van der Waals surface area contributed by atoms with Gasteiger partial charge in [0, 0.05) is 21.4 Å². The average molecular weight is 352 g/mol. The second-order valence-electron chi connectivity index (χ2n) is 4.82. The molecule has 0 heterocycles. The number of anilines is 3. The van der Waals surface area contributed by atoms with Crippen LogP contribution in [0.15, 0.2) is 83.3 Å². The van der Waals surface area contributed by atoms with Crippen LogP contribution in [0.25, 0.3) is 0 Å². The van der Waals surface area contributed by atoms with E-state index in [0.717, 1.165) is 27.8 Å². The van der Waals surface area contributed by atoms with Gasteiger partial charge in [-0.2, -0.15) is 0 Å². The topological polar surface area (TPSA) is 20.3 Å². The number of halogens is 1. The van der Waals surface area contributed by atoms with Crippen LogP contribution >= 0.6 is 15.9 Å². The van der Waals surface area contributed by atoms with E-state index in [9.17, 15) is 4.79 Å². The van der Waals surface area contributed by atoms with E-state index in [1.807, 2.05) is 78.9 Å². The molecule has 0 atom stereocenters. The Hall–Kier alpha value is -2.39. The number of carbonyl (C=O) groups excluding carboxylic acids is 1. The largest absolute Gasteiger partial charge is 0.310 e. The van der Waals surface area contributed by atoms with Crippen molar-refractivity contribution in [2.75, 3.05) is 4.90 Å². The van der Waals surface area contributed by atoms with E-state index in [4.69, 9.17) is 0 Å². The third-order valence-electron chi connectivity index (χ3n) is 3.40. The lowest BCUT2D eigenvalue weighted by Gasteiger charge is -2.26. The highest BCUT2D eigenvalue weighted by Gasteiger charge is 2.14. The van der Waals surface area contributed by atoms with E-state index in [2.05, 4.69) is 20.8 Å². The molecule has 0 aliphatic carbocycles. The van der Waals surface area contributed by atoms with Gasteiger partial charge < -0.3 is 4.90 Å². The molecule has 3 aromatic carbocycles. The summed E-state index contributed by atoms with van der Waals surface area (Å²) >= 11 is 3.46. The molecule has 0 aromatic heterocycles. The summed E-state index contributed by atoms with van der Waals surface area (Å²) in [5.41, 5.74) is 3.54. The van der Waals surface area contributed by atoms with Crippen molar-refractivity contribution < 1.29 is 4.79 Å². The summed E-state index contributed by atoms with van der Waals surface area (Å²) in [6, 6.07) is 25.7. The van der Waals surface area contributed by atoms with Gasteiger partial charge >= 0.3 is 0 Å². The van der Waals surface area contributed by atoms with Gasteiger partial charge in [-0.3, -0.25) is 4.79 Å². The van der Waals surface area contributed by atoms with Crippen molar-refractivity contribution in [1.29, 1.82) is 0 Å². The predicted molar refractivity (Wildman–Crippen MR) is 94.2 cm³/mol. The Balaban J connectivity index is 2.19. The number of para-hydroxylation sites is 2. The fourth-order valence-electron chi connectivity index (χ4n) is 2.39. The Labute approximate surface area is 138 Å². The highest BCUT2D eigenvalue weighted by Crippen LogP contribution is 2.36. The molecule has 0 saturated heterocycles. The van der Waals surface area contributed by atoms with Crippen LogP contribution < -0.4 is 4.90 Å². The quantitative estimate of drug-likeness (QED) is 0.559. The van der Waals surface area contributed by atoms with Gasteiger partial charge in [-0.15, -0.1) is 0 Å². The van der Waals surface area contributed by atoms with Crippen molar-refractivity contribution in [1.82, 2.24) is 0 Å². The molecule has 3 rings (SSSR count). The van der Waals surface area contributed by atoms with Crippen molar-refractivity contribution in [2.45, 2.75) is 0 Å². The maximum atomic E-state index is 11.4. The summed E-state index contributed by atoms with van der Waals surface area (Å²) in [5.74, 6) is 0. The van der Waals surface area contributed by atoms with Crippen LogP contribution in [0, 0.1) is 0 Å². The summed E-state index contributed by atoms with van der Waals surface area (Å²) in [7, 11) is 0. The van der Waals surface area contributed by atoms with Crippen LogP contribution in [-0.4, -0.2) is 6.29 Å². The molecule has 3 aromatic rings. The Morgan fingerprint density at radius 3 is 2.00 bits per heavy atom. The smallest absolute Gasteiger partial charge is 0.152 e. The van der Waals surface area contributed by atoms with E-state index in [1.165, 1.54) is 0 Å². The van der Waals surface area contributed by atoms with Gasteiger partial charge in [-0.1, -0.05) is 46.3 Å². The van der Waals surface area contributed by atoms with Crippen molar-refractivity contribution in [3.63, 3.8) is 0 Å². The molecule has 0 amide bonds. The molecule has 0 spiro atoms. The Morgan fingerprint density at radius 1 is 0.727 bits per heavy atom. The fourth-order valence-corrected chi connectivity index (χ4v) is 2.65. The monoisotopic (exact) mass is 351 g/mol. The van der Waals surface area contributed by atoms with Crippen LogP contribution in [0.5, 0.6) is 0 Å². The van der Waals surface area contributed by atoms with Gasteiger partial charge in [0.25, 0.3) is 0 Å². The van der Waals surface area contributed by atoms with Crippen molar-refractivity contribution in [2.24, 2.45) is 0 Å². The van der Waals surface area contributed by atoms with Crippen LogP contribution in [-0.2, 0) is 0 Å². The number of hydrogen-bond donors (Lipinski definition) is 0. The zero-order chi connectivity index (χ0) is 15.4. The molecule has 0 fully saturated rings. The van der Waals surface area contributed by atoms with Crippen molar-refractivity contribution >= 4 is 39.3 Å². The number of hydrogen-bond acceptors (Lipinski definition) is 2. The molecule has 0 aliphatic heterocycles. The molecule has 2 nitrogen and oxygen atoms in total. The molecule has 0 bridgehead atoms. The van der Waals surface area contributed by atoms with Crippen LogP contribution in [0.3, 0.4) is 0 Å². The summed E-state index contributed by atoms with van der Waals surface area (Å²) in [6.07, 6.45) is 0.893. The lowest BCUT2D eigenvalue weighted by molar-refractivity contribution is 0.112. The molecule has 0 aliphatic rings. The highest BCUT2D eigenvalue weighted by molar-refractivity contribution is 9.10. The summed E-state index contributed by atoms with van der Waals surface area (Å²) in [5, 5.41) is 0. The lowest BCUT2D eigenvalue weighted by Crippen LogP contribution is -2.11. The van der Waals surface area contributed by atoms with Crippen LogP contribution in [0.1, 0.15) is 10.4 Å². The van der Waals surface area contributed by atoms with E-state index in [1.54, 1.807) is 0 Å². The van der Waals surface area contributed by atoms with Crippen LogP contribution in [0.4, 0.5) is 17.1 Å². The van der Waals surface area contributed by atoms with E-state index < -0.39 is 0 Å². The van der Waals surface area contributed by atoms with Crippen molar-refractivity contribution in [3.05, 3.63) is 88.9 Å². The minimum absolute atomic E-state index is 0.661. The first kappa shape index (κ1) is 14.5. The minimum Gasteiger partial charge on any atom is -0.310 e. The maximum Gasteiger partial charge on any atom is 0.152 e. The number of benzene rings is 3. The summed E-state index contributed by atoms with van der Waals surface area (Å²) < 4.78 is 1.02. The zero-order valence-corrected chi connectivity index (χ0v) is 13.4. The number of nitrogens with zero attached hydrogens (tertiary/aromatic N) is 1. The zero-order valence-electron chi connectivity index (χ0n) is 11.8. The second-order valence-corrected chi connectivity index (χ2v) is 5.74. The molecule has 108 valence electrons. The molecule has 0 unspecified atom stereocenters. The van der Waals surface area contributed by atoms with Gasteiger partial charge in [0.2, 0.25) is 0 Å². The van der Waals surface area contributed by atoms with E-state index in [0.29, 0.717) is 5.56 Å². The molecule has 0 saturated carbocycles. The minimum atomic E-state index is 0.661. The Bertz CT molecular complexity index is 769. The lowest BCUT2D eigenvalue weighted by atomic mass is 10.1. The molecular weight excluding hydrogens is 338 g/mol. The first-order valence-corrected chi connectivity index (χ1v) is 7.74. The average Bonchev–Trinajstić information content (AvgIpc) is 2.58. The highest BCUT2D eigenvalue weighted by atomic mass is 79.9. The first-order chi connectivity index (χ1) is 10.8. The van der Waals surface area contributed by atoms with E-state index >= 15 is 0 Å². The van der Waals surface area contributed by atoms with Gasteiger partial charge in [-0.05, 0) is 48.5 Å². The molecule has 0 radical (unpaired) electrons. The SMILES string of the molecule is O=Cc1ccccc1N(c1ccccc1)c1ccc(Br)cc1. The van der Waals surface area contributed by atoms with Gasteiger partial charge in [-0.25, -0.2) is 0 Å².